The van der Waals surface area contributed by atoms with E-state index >= 15 is 0 Å². The highest BCUT2D eigenvalue weighted by Gasteiger charge is 2.08. The summed E-state index contributed by atoms with van der Waals surface area (Å²) >= 11 is 3.48. The van der Waals surface area contributed by atoms with E-state index in [0.29, 0.717) is 6.61 Å². The Kier molecular flexibility index (Phi) is 4.61. The van der Waals surface area contributed by atoms with Crippen molar-refractivity contribution in [3.8, 4) is 0 Å². The highest BCUT2D eigenvalue weighted by molar-refractivity contribution is 9.10. The van der Waals surface area contributed by atoms with Gasteiger partial charge in [-0.3, -0.25) is 0 Å². The van der Waals surface area contributed by atoms with E-state index in [-0.39, 0.29) is 5.60 Å². The standard InChI is InChI=1S/C12H18BrNO/c1-12(2,3)15-9-8-14-11-7-5-4-6-10(11)13/h4-7,14H,8-9H2,1-3H3. The number of rotatable bonds is 4. The van der Waals surface area contributed by atoms with E-state index in [1.54, 1.807) is 0 Å². The van der Waals surface area contributed by atoms with Crippen LogP contribution in [0.15, 0.2) is 28.7 Å². The lowest BCUT2D eigenvalue weighted by Gasteiger charge is -2.19. The van der Waals surface area contributed by atoms with Gasteiger partial charge in [-0.25, -0.2) is 0 Å². The fourth-order valence-corrected chi connectivity index (χ4v) is 1.57. The summed E-state index contributed by atoms with van der Waals surface area (Å²) in [5, 5.41) is 3.31. The van der Waals surface area contributed by atoms with Crippen LogP contribution in [-0.4, -0.2) is 18.8 Å². The third-order valence-electron chi connectivity index (χ3n) is 1.83. The molecule has 3 heteroatoms. The number of hydrogen-bond acceptors (Lipinski definition) is 2. The van der Waals surface area contributed by atoms with Crippen LogP contribution in [0.3, 0.4) is 0 Å². The molecule has 0 aliphatic rings. The van der Waals surface area contributed by atoms with Crippen LogP contribution in [0.2, 0.25) is 0 Å². The summed E-state index contributed by atoms with van der Waals surface area (Å²) in [7, 11) is 0. The number of nitrogens with one attached hydrogen (secondary N) is 1. The van der Waals surface area contributed by atoms with Gasteiger partial charge >= 0.3 is 0 Å². The fourth-order valence-electron chi connectivity index (χ4n) is 1.15. The first-order valence-electron chi connectivity index (χ1n) is 5.11. The average molecular weight is 272 g/mol. The third kappa shape index (κ3) is 5.19. The molecular weight excluding hydrogens is 254 g/mol. The second kappa shape index (κ2) is 5.52. The molecule has 1 aromatic carbocycles. The molecule has 0 atom stereocenters. The Balaban J connectivity index is 2.30. The van der Waals surface area contributed by atoms with Crippen molar-refractivity contribution in [3.05, 3.63) is 28.7 Å². The average Bonchev–Trinajstić information content (AvgIpc) is 2.13. The Labute approximate surface area is 100 Å². The number of hydrogen-bond donors (Lipinski definition) is 1. The maximum atomic E-state index is 5.61. The molecule has 0 radical (unpaired) electrons. The Morgan fingerprint density at radius 1 is 1.27 bits per heavy atom. The summed E-state index contributed by atoms with van der Waals surface area (Å²) in [6.45, 7) is 7.72. The predicted octanol–water partition coefficient (Wildman–Crippen LogP) is 3.68. The maximum Gasteiger partial charge on any atom is 0.0646 e. The Morgan fingerprint density at radius 2 is 1.93 bits per heavy atom. The van der Waals surface area contributed by atoms with Crippen molar-refractivity contribution in [2.45, 2.75) is 26.4 Å². The van der Waals surface area contributed by atoms with Crippen LogP contribution >= 0.6 is 15.9 Å². The zero-order chi connectivity index (χ0) is 11.3. The summed E-state index contributed by atoms with van der Waals surface area (Å²) in [5.74, 6) is 0. The Hall–Kier alpha value is -0.540. The lowest BCUT2D eigenvalue weighted by atomic mass is 10.2. The minimum atomic E-state index is -0.0599. The van der Waals surface area contributed by atoms with Crippen LogP contribution in [0.4, 0.5) is 5.69 Å². The lowest BCUT2D eigenvalue weighted by molar-refractivity contribution is 0.00333. The molecule has 0 spiro atoms. The van der Waals surface area contributed by atoms with Crippen molar-refractivity contribution in [2.24, 2.45) is 0 Å². The van der Waals surface area contributed by atoms with Crippen LogP contribution in [0.5, 0.6) is 0 Å². The minimum absolute atomic E-state index is 0.0599. The summed E-state index contributed by atoms with van der Waals surface area (Å²) in [6, 6.07) is 8.08. The van der Waals surface area contributed by atoms with Gasteiger partial charge in [0.1, 0.15) is 0 Å². The largest absolute Gasteiger partial charge is 0.382 e. The van der Waals surface area contributed by atoms with Gasteiger partial charge in [0.15, 0.2) is 0 Å². The second-order valence-electron chi connectivity index (χ2n) is 4.37. The Morgan fingerprint density at radius 3 is 2.53 bits per heavy atom. The highest BCUT2D eigenvalue weighted by Crippen LogP contribution is 2.20. The van der Waals surface area contributed by atoms with Crippen molar-refractivity contribution in [1.82, 2.24) is 0 Å². The molecule has 84 valence electrons. The summed E-state index contributed by atoms with van der Waals surface area (Å²) in [4.78, 5) is 0. The number of halogens is 1. The van der Waals surface area contributed by atoms with Crippen LogP contribution in [-0.2, 0) is 4.74 Å². The highest BCUT2D eigenvalue weighted by atomic mass is 79.9. The monoisotopic (exact) mass is 271 g/mol. The van der Waals surface area contributed by atoms with E-state index in [0.717, 1.165) is 16.7 Å². The second-order valence-corrected chi connectivity index (χ2v) is 5.22. The molecule has 2 nitrogen and oxygen atoms in total. The van der Waals surface area contributed by atoms with Crippen LogP contribution < -0.4 is 5.32 Å². The van der Waals surface area contributed by atoms with E-state index in [2.05, 4.69) is 42.0 Å². The molecule has 1 N–H and O–H groups in total. The minimum Gasteiger partial charge on any atom is -0.382 e. The van der Waals surface area contributed by atoms with Gasteiger partial charge in [0.05, 0.1) is 12.2 Å². The number of benzene rings is 1. The van der Waals surface area contributed by atoms with E-state index in [9.17, 15) is 0 Å². The molecule has 0 saturated heterocycles. The molecule has 0 aromatic heterocycles. The van der Waals surface area contributed by atoms with Crippen molar-refractivity contribution < 1.29 is 4.74 Å². The summed E-state index contributed by atoms with van der Waals surface area (Å²) < 4.78 is 6.70. The quantitative estimate of drug-likeness (QED) is 0.844. The van der Waals surface area contributed by atoms with E-state index in [1.807, 2.05) is 24.3 Å². The predicted molar refractivity (Wildman–Crippen MR) is 68.3 cm³/mol. The van der Waals surface area contributed by atoms with Crippen molar-refractivity contribution >= 4 is 21.6 Å². The molecule has 0 aliphatic heterocycles. The van der Waals surface area contributed by atoms with Gasteiger partial charge in [-0.2, -0.15) is 0 Å². The molecule has 0 aliphatic carbocycles. The number of anilines is 1. The van der Waals surface area contributed by atoms with Crippen molar-refractivity contribution in [1.29, 1.82) is 0 Å². The van der Waals surface area contributed by atoms with E-state index in [1.165, 1.54) is 0 Å². The molecule has 0 fully saturated rings. The van der Waals surface area contributed by atoms with Crippen LogP contribution in [0.1, 0.15) is 20.8 Å². The normalized spacial score (nSPS) is 11.5. The smallest absolute Gasteiger partial charge is 0.0646 e. The van der Waals surface area contributed by atoms with Gasteiger partial charge in [0.25, 0.3) is 0 Å². The van der Waals surface area contributed by atoms with Gasteiger partial charge in [-0.05, 0) is 48.8 Å². The van der Waals surface area contributed by atoms with E-state index < -0.39 is 0 Å². The molecule has 0 heterocycles. The zero-order valence-corrected chi connectivity index (χ0v) is 11.1. The van der Waals surface area contributed by atoms with Crippen LogP contribution in [0, 0.1) is 0 Å². The number of para-hydroxylation sites is 1. The summed E-state index contributed by atoms with van der Waals surface area (Å²) in [6.07, 6.45) is 0. The van der Waals surface area contributed by atoms with Gasteiger partial charge in [0, 0.05) is 16.7 Å². The SMILES string of the molecule is CC(C)(C)OCCNc1ccccc1Br. The maximum absolute atomic E-state index is 5.61. The summed E-state index contributed by atoms with van der Waals surface area (Å²) in [5.41, 5.74) is 1.05. The fraction of sp³-hybridized carbons (Fsp3) is 0.500. The first kappa shape index (κ1) is 12.5. The zero-order valence-electron chi connectivity index (χ0n) is 9.51. The first-order valence-corrected chi connectivity index (χ1v) is 5.91. The molecule has 0 bridgehead atoms. The lowest BCUT2D eigenvalue weighted by Crippen LogP contribution is -2.23. The molecular formula is C12H18BrNO. The number of ether oxygens (including phenoxy) is 1. The van der Waals surface area contributed by atoms with Gasteiger partial charge in [-0.1, -0.05) is 12.1 Å². The van der Waals surface area contributed by atoms with Crippen molar-refractivity contribution in [2.75, 3.05) is 18.5 Å². The molecule has 0 amide bonds. The Bertz CT molecular complexity index is 307. The molecule has 0 saturated carbocycles. The van der Waals surface area contributed by atoms with Gasteiger partial charge < -0.3 is 10.1 Å². The van der Waals surface area contributed by atoms with Gasteiger partial charge in [-0.15, -0.1) is 0 Å². The third-order valence-corrected chi connectivity index (χ3v) is 2.52. The molecule has 15 heavy (non-hydrogen) atoms. The molecule has 1 rings (SSSR count). The molecule has 1 aromatic rings. The topological polar surface area (TPSA) is 21.3 Å². The van der Waals surface area contributed by atoms with E-state index in [4.69, 9.17) is 4.74 Å². The van der Waals surface area contributed by atoms with Gasteiger partial charge in [0.2, 0.25) is 0 Å². The first-order chi connectivity index (χ1) is 6.99. The van der Waals surface area contributed by atoms with Crippen molar-refractivity contribution in [3.63, 3.8) is 0 Å². The molecule has 0 unspecified atom stereocenters. The van der Waals surface area contributed by atoms with Crippen LogP contribution in [0.25, 0.3) is 0 Å².